The van der Waals surface area contributed by atoms with Gasteiger partial charge in [-0.1, -0.05) is 28.1 Å². The summed E-state index contributed by atoms with van der Waals surface area (Å²) >= 11 is 9.11. The third-order valence-corrected chi connectivity index (χ3v) is 3.96. The fraction of sp³-hybridized carbons (Fsp3) is 0.267. The minimum absolute atomic E-state index is 0.0183. The molecule has 0 saturated carbocycles. The van der Waals surface area contributed by atoms with Gasteiger partial charge in [-0.3, -0.25) is 4.79 Å². The first-order chi connectivity index (χ1) is 9.02. The van der Waals surface area contributed by atoms with E-state index in [2.05, 4.69) is 32.6 Å². The van der Waals surface area contributed by atoms with Gasteiger partial charge in [-0.25, -0.2) is 0 Å². The first-order valence-electron chi connectivity index (χ1n) is 6.03. The molecule has 0 radical (unpaired) electrons. The number of carbonyl (C=O) groups is 1. The van der Waals surface area contributed by atoms with Crippen molar-refractivity contribution < 1.29 is 4.79 Å². The van der Waals surface area contributed by atoms with Gasteiger partial charge in [-0.15, -0.1) is 11.6 Å². The highest BCUT2D eigenvalue weighted by Gasteiger charge is 2.14. The van der Waals surface area contributed by atoms with Crippen LogP contribution in [0.1, 0.15) is 27.3 Å². The number of aromatic nitrogens is 1. The van der Waals surface area contributed by atoms with E-state index in [1.54, 1.807) is 0 Å². The maximum atomic E-state index is 11.8. The first-order valence-corrected chi connectivity index (χ1v) is 7.36. The molecule has 4 heteroatoms. The number of carbonyl (C=O) groups excluding carboxylic acids is 1. The van der Waals surface area contributed by atoms with Gasteiger partial charge in [-0.2, -0.15) is 0 Å². The van der Waals surface area contributed by atoms with Crippen molar-refractivity contribution >= 4 is 33.3 Å². The molecule has 0 aliphatic carbocycles. The van der Waals surface area contributed by atoms with Crippen LogP contribution in [0.2, 0.25) is 0 Å². The second kappa shape index (κ2) is 5.93. The summed E-state index contributed by atoms with van der Waals surface area (Å²) in [7, 11) is 0. The van der Waals surface area contributed by atoms with Crippen molar-refractivity contribution in [2.24, 2.45) is 0 Å². The predicted molar refractivity (Wildman–Crippen MR) is 82.2 cm³/mol. The standard InChI is InChI=1S/C15H15BrClNO/c1-10-6-14(15(19)8-17)11(2)18(10)9-12-4-3-5-13(16)7-12/h3-7H,8-9H2,1-2H3. The van der Waals surface area contributed by atoms with E-state index in [0.29, 0.717) is 0 Å². The average Bonchev–Trinajstić information content (AvgIpc) is 2.66. The Bertz CT molecular complexity index is 619. The highest BCUT2D eigenvalue weighted by atomic mass is 79.9. The highest BCUT2D eigenvalue weighted by Crippen LogP contribution is 2.19. The number of Topliss-reactive ketones (excluding diaryl/α,β-unsaturated/α-hetero) is 1. The Hall–Kier alpha value is -1.06. The zero-order valence-corrected chi connectivity index (χ0v) is 13.3. The molecule has 1 aromatic heterocycles. The Morgan fingerprint density at radius 1 is 1.32 bits per heavy atom. The second-order valence-corrected chi connectivity index (χ2v) is 5.74. The summed E-state index contributed by atoms with van der Waals surface area (Å²) in [6.07, 6.45) is 0. The van der Waals surface area contributed by atoms with E-state index in [-0.39, 0.29) is 11.7 Å². The van der Waals surface area contributed by atoms with Crippen molar-refractivity contribution in [2.45, 2.75) is 20.4 Å². The number of rotatable bonds is 4. The van der Waals surface area contributed by atoms with Gasteiger partial charge in [0.15, 0.2) is 5.78 Å². The lowest BCUT2D eigenvalue weighted by Crippen LogP contribution is -2.06. The summed E-state index contributed by atoms with van der Waals surface area (Å²) in [6, 6.07) is 10.1. The minimum atomic E-state index is -0.0183. The number of nitrogens with zero attached hydrogens (tertiary/aromatic N) is 1. The number of halogens is 2. The zero-order valence-electron chi connectivity index (χ0n) is 10.9. The average molecular weight is 341 g/mol. The molecule has 0 aliphatic rings. The molecule has 2 aromatic rings. The van der Waals surface area contributed by atoms with Gasteiger partial charge in [0.25, 0.3) is 0 Å². The van der Waals surface area contributed by atoms with Crippen LogP contribution in [0, 0.1) is 13.8 Å². The molecule has 1 heterocycles. The molecule has 100 valence electrons. The SMILES string of the molecule is Cc1cc(C(=O)CCl)c(C)n1Cc1cccc(Br)c1. The van der Waals surface area contributed by atoms with Crippen LogP contribution in [0.15, 0.2) is 34.8 Å². The van der Waals surface area contributed by atoms with E-state index in [1.165, 1.54) is 5.56 Å². The molecular formula is C15H15BrClNO. The predicted octanol–water partition coefficient (Wildman–Crippen LogP) is 4.34. The van der Waals surface area contributed by atoms with Gasteiger partial charge in [0.1, 0.15) is 0 Å². The Labute approximate surface area is 126 Å². The summed E-state index contributed by atoms with van der Waals surface area (Å²) in [5.41, 5.74) is 3.97. The maximum absolute atomic E-state index is 11.8. The molecule has 0 spiro atoms. The third-order valence-electron chi connectivity index (χ3n) is 3.23. The molecule has 0 unspecified atom stereocenters. The van der Waals surface area contributed by atoms with Crippen LogP contribution in [0.4, 0.5) is 0 Å². The van der Waals surface area contributed by atoms with E-state index in [1.807, 2.05) is 32.0 Å². The largest absolute Gasteiger partial charge is 0.344 e. The van der Waals surface area contributed by atoms with Crippen LogP contribution in [0.3, 0.4) is 0 Å². The van der Waals surface area contributed by atoms with Crippen molar-refractivity contribution in [1.29, 1.82) is 0 Å². The van der Waals surface area contributed by atoms with Crippen molar-refractivity contribution in [3.8, 4) is 0 Å². The van der Waals surface area contributed by atoms with Gasteiger partial charge < -0.3 is 4.57 Å². The number of hydrogen-bond acceptors (Lipinski definition) is 1. The second-order valence-electron chi connectivity index (χ2n) is 4.56. The van der Waals surface area contributed by atoms with E-state index in [4.69, 9.17) is 11.6 Å². The Morgan fingerprint density at radius 3 is 2.68 bits per heavy atom. The van der Waals surface area contributed by atoms with Crippen LogP contribution < -0.4 is 0 Å². The van der Waals surface area contributed by atoms with Gasteiger partial charge in [0.05, 0.1) is 5.88 Å². The summed E-state index contributed by atoms with van der Waals surface area (Å²) in [5, 5.41) is 0. The fourth-order valence-electron chi connectivity index (χ4n) is 2.22. The first kappa shape index (κ1) is 14.4. The topological polar surface area (TPSA) is 22.0 Å². The van der Waals surface area contributed by atoms with Crippen LogP contribution in [0.5, 0.6) is 0 Å². The van der Waals surface area contributed by atoms with E-state index in [0.717, 1.165) is 28.0 Å². The number of benzene rings is 1. The Morgan fingerprint density at radius 2 is 2.05 bits per heavy atom. The molecule has 1 aromatic carbocycles. The highest BCUT2D eigenvalue weighted by molar-refractivity contribution is 9.10. The van der Waals surface area contributed by atoms with Crippen molar-refractivity contribution in [1.82, 2.24) is 4.57 Å². The third kappa shape index (κ3) is 3.10. The van der Waals surface area contributed by atoms with Crippen LogP contribution in [0.25, 0.3) is 0 Å². The molecular weight excluding hydrogens is 326 g/mol. The van der Waals surface area contributed by atoms with Crippen LogP contribution in [-0.4, -0.2) is 16.2 Å². The quantitative estimate of drug-likeness (QED) is 0.599. The summed E-state index contributed by atoms with van der Waals surface area (Å²) in [4.78, 5) is 11.8. The van der Waals surface area contributed by atoms with Gasteiger partial charge in [-0.05, 0) is 37.6 Å². The smallest absolute Gasteiger partial charge is 0.179 e. The van der Waals surface area contributed by atoms with Crippen LogP contribution >= 0.6 is 27.5 Å². The van der Waals surface area contributed by atoms with Crippen molar-refractivity contribution in [2.75, 3.05) is 5.88 Å². The Balaban J connectivity index is 2.36. The summed E-state index contributed by atoms with van der Waals surface area (Å²) < 4.78 is 3.20. The number of ketones is 1. The molecule has 2 rings (SSSR count). The zero-order chi connectivity index (χ0) is 14.0. The lowest BCUT2D eigenvalue weighted by molar-refractivity contribution is 0.102. The summed E-state index contributed by atoms with van der Waals surface area (Å²) in [5.74, 6) is 0.0107. The molecule has 0 aliphatic heterocycles. The van der Waals surface area contributed by atoms with Crippen molar-refractivity contribution in [3.05, 3.63) is 57.3 Å². The monoisotopic (exact) mass is 339 g/mol. The number of hydrogen-bond donors (Lipinski definition) is 0. The van der Waals surface area contributed by atoms with E-state index < -0.39 is 0 Å². The van der Waals surface area contributed by atoms with Crippen LogP contribution in [-0.2, 0) is 6.54 Å². The fourth-order valence-corrected chi connectivity index (χ4v) is 2.81. The molecule has 2 nitrogen and oxygen atoms in total. The lowest BCUT2D eigenvalue weighted by atomic mass is 10.2. The lowest BCUT2D eigenvalue weighted by Gasteiger charge is -2.10. The molecule has 0 bridgehead atoms. The minimum Gasteiger partial charge on any atom is -0.344 e. The molecule has 0 saturated heterocycles. The molecule has 0 amide bonds. The van der Waals surface area contributed by atoms with Gasteiger partial charge in [0, 0.05) is 28.0 Å². The molecule has 0 fully saturated rings. The maximum Gasteiger partial charge on any atom is 0.179 e. The van der Waals surface area contributed by atoms with E-state index in [9.17, 15) is 4.79 Å². The number of aryl methyl sites for hydroxylation is 1. The van der Waals surface area contributed by atoms with Gasteiger partial charge >= 0.3 is 0 Å². The Kier molecular flexibility index (Phi) is 4.48. The molecule has 0 N–H and O–H groups in total. The number of alkyl halides is 1. The van der Waals surface area contributed by atoms with Gasteiger partial charge in [0.2, 0.25) is 0 Å². The summed E-state index contributed by atoms with van der Waals surface area (Å²) in [6.45, 7) is 4.73. The van der Waals surface area contributed by atoms with E-state index >= 15 is 0 Å². The molecule has 0 atom stereocenters. The van der Waals surface area contributed by atoms with Crippen molar-refractivity contribution in [3.63, 3.8) is 0 Å². The normalized spacial score (nSPS) is 10.7. The molecule has 19 heavy (non-hydrogen) atoms.